The van der Waals surface area contributed by atoms with Crippen LogP contribution in [0.1, 0.15) is 31.1 Å². The Kier molecular flexibility index (Phi) is 8.43. The van der Waals surface area contributed by atoms with Gasteiger partial charge in [0.25, 0.3) is 11.8 Å². The van der Waals surface area contributed by atoms with Crippen LogP contribution in [0, 0.1) is 5.92 Å². The van der Waals surface area contributed by atoms with E-state index in [4.69, 9.17) is 14.2 Å². The van der Waals surface area contributed by atoms with Gasteiger partial charge in [0.2, 0.25) is 0 Å². The Bertz CT molecular complexity index is 914. The van der Waals surface area contributed by atoms with Gasteiger partial charge in [0.15, 0.2) is 6.10 Å². The van der Waals surface area contributed by atoms with E-state index in [1.54, 1.807) is 62.4 Å². The molecule has 2 amide bonds. The molecule has 2 aromatic carbocycles. The van der Waals surface area contributed by atoms with Crippen molar-refractivity contribution in [2.24, 2.45) is 5.92 Å². The molecule has 0 fully saturated rings. The van der Waals surface area contributed by atoms with Crippen LogP contribution in [0.2, 0.25) is 0 Å². The van der Waals surface area contributed by atoms with Crippen LogP contribution in [-0.4, -0.2) is 44.1 Å². The van der Waals surface area contributed by atoms with Crippen LogP contribution in [0.3, 0.4) is 0 Å². The Balaban J connectivity index is 2.05. The molecule has 0 aliphatic heterocycles. The number of methoxy groups -OCH3 is 2. The van der Waals surface area contributed by atoms with Crippen molar-refractivity contribution in [3.05, 3.63) is 54.1 Å². The highest BCUT2D eigenvalue weighted by molar-refractivity contribution is 5.98. The van der Waals surface area contributed by atoms with E-state index >= 15 is 0 Å². The van der Waals surface area contributed by atoms with Gasteiger partial charge >= 0.3 is 5.97 Å². The molecule has 0 spiro atoms. The third-order valence-corrected chi connectivity index (χ3v) is 4.57. The monoisotopic (exact) mass is 428 g/mol. The van der Waals surface area contributed by atoms with E-state index in [-0.39, 0.29) is 5.92 Å². The maximum Gasteiger partial charge on any atom is 0.329 e. The number of anilines is 1. The quantitative estimate of drug-likeness (QED) is 0.595. The van der Waals surface area contributed by atoms with Gasteiger partial charge in [-0.05, 0) is 37.1 Å². The molecule has 2 atom stereocenters. The van der Waals surface area contributed by atoms with Gasteiger partial charge < -0.3 is 24.8 Å². The number of nitrogens with one attached hydrogen (secondary N) is 2. The van der Waals surface area contributed by atoms with Crippen molar-refractivity contribution in [2.75, 3.05) is 19.5 Å². The average Bonchev–Trinajstić information content (AvgIpc) is 2.77. The highest BCUT2D eigenvalue weighted by Gasteiger charge is 2.29. The van der Waals surface area contributed by atoms with Gasteiger partial charge in [-0.2, -0.15) is 0 Å². The molecule has 166 valence electrons. The first kappa shape index (κ1) is 23.7. The number of hydrogen-bond donors (Lipinski definition) is 2. The fourth-order valence-corrected chi connectivity index (χ4v) is 2.76. The first-order valence-electron chi connectivity index (χ1n) is 9.86. The van der Waals surface area contributed by atoms with E-state index in [1.165, 1.54) is 21.1 Å². The molecule has 2 N–H and O–H groups in total. The molecule has 0 radical (unpaired) electrons. The van der Waals surface area contributed by atoms with Gasteiger partial charge in [0.1, 0.15) is 17.5 Å². The lowest BCUT2D eigenvalue weighted by atomic mass is 10.0. The molecule has 2 rings (SSSR count). The van der Waals surface area contributed by atoms with Gasteiger partial charge in [0.05, 0.1) is 19.9 Å². The van der Waals surface area contributed by atoms with Crippen LogP contribution in [0.5, 0.6) is 11.5 Å². The summed E-state index contributed by atoms with van der Waals surface area (Å²) in [5, 5.41) is 5.35. The third kappa shape index (κ3) is 6.47. The van der Waals surface area contributed by atoms with Gasteiger partial charge in [-0.25, -0.2) is 4.79 Å². The lowest BCUT2D eigenvalue weighted by molar-refractivity contribution is -0.156. The van der Waals surface area contributed by atoms with Crippen molar-refractivity contribution >= 4 is 23.5 Å². The molecule has 8 heteroatoms. The Morgan fingerprint density at radius 3 is 2.16 bits per heavy atom. The number of hydrogen-bond acceptors (Lipinski definition) is 6. The summed E-state index contributed by atoms with van der Waals surface area (Å²) in [5.74, 6) is -0.910. The van der Waals surface area contributed by atoms with Crippen LogP contribution in [0.25, 0.3) is 0 Å². The van der Waals surface area contributed by atoms with Crippen molar-refractivity contribution in [3.63, 3.8) is 0 Å². The van der Waals surface area contributed by atoms with Crippen molar-refractivity contribution < 1.29 is 28.6 Å². The fourth-order valence-electron chi connectivity index (χ4n) is 2.76. The van der Waals surface area contributed by atoms with E-state index in [0.717, 1.165) is 0 Å². The van der Waals surface area contributed by atoms with Crippen molar-refractivity contribution in [2.45, 2.75) is 32.9 Å². The second-order valence-electron chi connectivity index (χ2n) is 7.20. The van der Waals surface area contributed by atoms with Gasteiger partial charge in [0, 0.05) is 11.6 Å². The van der Waals surface area contributed by atoms with Crippen LogP contribution in [0.4, 0.5) is 5.69 Å². The summed E-state index contributed by atoms with van der Waals surface area (Å²) in [4.78, 5) is 37.7. The summed E-state index contributed by atoms with van der Waals surface area (Å²) in [6, 6.07) is 12.6. The van der Waals surface area contributed by atoms with Crippen molar-refractivity contribution in [1.29, 1.82) is 0 Å². The Morgan fingerprint density at radius 1 is 0.903 bits per heavy atom. The molecule has 0 saturated heterocycles. The van der Waals surface area contributed by atoms with E-state index in [0.29, 0.717) is 22.7 Å². The SMILES string of the molecule is COc1ccc(OC)c(NC(=O)C(C)OC(=O)[C@@H](NC(=O)c2ccccc2)C(C)C)c1. The van der Waals surface area contributed by atoms with Crippen LogP contribution < -0.4 is 20.1 Å². The number of benzene rings is 2. The van der Waals surface area contributed by atoms with E-state index < -0.39 is 29.9 Å². The summed E-state index contributed by atoms with van der Waals surface area (Å²) in [6.07, 6.45) is -1.10. The van der Waals surface area contributed by atoms with Crippen LogP contribution in [-0.2, 0) is 14.3 Å². The van der Waals surface area contributed by atoms with Gasteiger partial charge in [-0.3, -0.25) is 9.59 Å². The summed E-state index contributed by atoms with van der Waals surface area (Å²) in [5.41, 5.74) is 0.810. The molecule has 0 aromatic heterocycles. The Hall–Kier alpha value is -3.55. The van der Waals surface area contributed by atoms with Crippen molar-refractivity contribution in [3.8, 4) is 11.5 Å². The molecule has 1 unspecified atom stereocenters. The van der Waals surface area contributed by atoms with Crippen LogP contribution >= 0.6 is 0 Å². The molecule has 31 heavy (non-hydrogen) atoms. The van der Waals surface area contributed by atoms with Gasteiger partial charge in [-0.1, -0.05) is 32.0 Å². The maximum absolute atomic E-state index is 12.7. The molecular weight excluding hydrogens is 400 g/mol. The standard InChI is InChI=1S/C23H28N2O6/c1-14(2)20(25-22(27)16-9-7-6-8-10-16)23(28)31-15(3)21(26)24-18-13-17(29-4)11-12-19(18)30-5/h6-15,20H,1-5H3,(H,24,26)(H,25,27)/t15?,20-/m0/s1. The second-order valence-corrected chi connectivity index (χ2v) is 7.20. The Labute approximate surface area is 181 Å². The minimum absolute atomic E-state index is 0.242. The second kappa shape index (κ2) is 11.0. The number of esters is 1. The fraction of sp³-hybridized carbons (Fsp3) is 0.348. The minimum atomic E-state index is -1.10. The van der Waals surface area contributed by atoms with E-state index in [9.17, 15) is 14.4 Å². The molecule has 0 aliphatic rings. The summed E-state index contributed by atoms with van der Waals surface area (Å²) >= 11 is 0. The molecule has 0 saturated carbocycles. The topological polar surface area (TPSA) is 103 Å². The number of amides is 2. The van der Waals surface area contributed by atoms with E-state index in [1.807, 2.05) is 0 Å². The van der Waals surface area contributed by atoms with E-state index in [2.05, 4.69) is 10.6 Å². The molecule has 0 aliphatic carbocycles. The molecule has 0 heterocycles. The minimum Gasteiger partial charge on any atom is -0.497 e. The first-order chi connectivity index (χ1) is 14.8. The normalized spacial score (nSPS) is 12.5. The number of rotatable bonds is 9. The number of carbonyl (C=O) groups excluding carboxylic acids is 3. The number of ether oxygens (including phenoxy) is 3. The predicted molar refractivity (Wildman–Crippen MR) is 116 cm³/mol. The molecular formula is C23H28N2O6. The lowest BCUT2D eigenvalue weighted by Gasteiger charge is -2.23. The summed E-state index contributed by atoms with van der Waals surface area (Å²) in [7, 11) is 2.98. The zero-order valence-corrected chi connectivity index (χ0v) is 18.3. The van der Waals surface area contributed by atoms with Gasteiger partial charge in [-0.15, -0.1) is 0 Å². The highest BCUT2D eigenvalue weighted by atomic mass is 16.5. The highest BCUT2D eigenvalue weighted by Crippen LogP contribution is 2.29. The first-order valence-corrected chi connectivity index (χ1v) is 9.86. The number of carbonyl (C=O) groups is 3. The Morgan fingerprint density at radius 2 is 1.58 bits per heavy atom. The average molecular weight is 428 g/mol. The van der Waals surface area contributed by atoms with Crippen LogP contribution in [0.15, 0.2) is 48.5 Å². The smallest absolute Gasteiger partial charge is 0.329 e. The lowest BCUT2D eigenvalue weighted by Crippen LogP contribution is -2.47. The molecule has 2 aromatic rings. The zero-order valence-electron chi connectivity index (χ0n) is 18.3. The maximum atomic E-state index is 12.7. The van der Waals surface area contributed by atoms with Crippen molar-refractivity contribution in [1.82, 2.24) is 5.32 Å². The largest absolute Gasteiger partial charge is 0.497 e. The summed E-state index contributed by atoms with van der Waals surface area (Å²) < 4.78 is 15.7. The predicted octanol–water partition coefficient (Wildman–Crippen LogP) is 3.03. The summed E-state index contributed by atoms with van der Waals surface area (Å²) in [6.45, 7) is 5.02. The molecule has 0 bridgehead atoms. The zero-order chi connectivity index (χ0) is 23.0. The molecule has 8 nitrogen and oxygen atoms in total. The third-order valence-electron chi connectivity index (χ3n) is 4.57.